The van der Waals surface area contributed by atoms with Crippen molar-refractivity contribution in [2.45, 2.75) is 13.3 Å². The predicted octanol–water partition coefficient (Wildman–Crippen LogP) is 3.50. The number of benzene rings is 1. The van der Waals surface area contributed by atoms with E-state index in [1.54, 1.807) is 13.0 Å². The number of hydrogen-bond donors (Lipinski definition) is 1. The van der Waals surface area contributed by atoms with E-state index in [4.69, 9.17) is 16.7 Å². The lowest BCUT2D eigenvalue weighted by atomic mass is 10.0. The fourth-order valence-electron chi connectivity index (χ4n) is 1.17. The van der Waals surface area contributed by atoms with Crippen LogP contribution in [0.5, 0.6) is 0 Å². The molecule has 0 aliphatic heterocycles. The second kappa shape index (κ2) is 4.94. The Morgan fingerprint density at radius 3 is 2.73 bits per heavy atom. The Morgan fingerprint density at radius 1 is 1.67 bits per heavy atom. The van der Waals surface area contributed by atoms with Crippen LogP contribution in [0.25, 0.3) is 0 Å². The normalized spacial score (nSPS) is 12.5. The lowest BCUT2D eigenvalue weighted by Gasteiger charge is -2.07. The van der Waals surface area contributed by atoms with E-state index in [-0.39, 0.29) is 11.4 Å². The van der Waals surface area contributed by atoms with Crippen molar-refractivity contribution in [2.24, 2.45) is 5.92 Å². The van der Waals surface area contributed by atoms with Gasteiger partial charge in [-0.3, -0.25) is 4.79 Å². The van der Waals surface area contributed by atoms with E-state index >= 15 is 0 Å². The quantitative estimate of drug-likeness (QED) is 0.867. The first-order valence-corrected chi connectivity index (χ1v) is 5.45. The molecule has 1 aromatic carbocycles. The lowest BCUT2D eigenvalue weighted by molar-refractivity contribution is -0.141. The summed E-state index contributed by atoms with van der Waals surface area (Å²) in [4.78, 5) is 10.6. The van der Waals surface area contributed by atoms with Gasteiger partial charge in [0, 0.05) is 4.47 Å². The van der Waals surface area contributed by atoms with Crippen molar-refractivity contribution in [3.8, 4) is 0 Å². The molecule has 0 fully saturated rings. The molecular formula is C10H9BrClFO2. The van der Waals surface area contributed by atoms with Gasteiger partial charge in [-0.2, -0.15) is 0 Å². The van der Waals surface area contributed by atoms with Crippen LogP contribution in [0.3, 0.4) is 0 Å². The molecule has 15 heavy (non-hydrogen) atoms. The minimum Gasteiger partial charge on any atom is -0.481 e. The highest BCUT2D eigenvalue weighted by Gasteiger charge is 2.14. The molecule has 5 heteroatoms. The summed E-state index contributed by atoms with van der Waals surface area (Å²) in [6.07, 6.45) is 0.280. The highest BCUT2D eigenvalue weighted by atomic mass is 79.9. The summed E-state index contributed by atoms with van der Waals surface area (Å²) in [5.41, 5.74) is 0.610. The molecule has 0 amide bonds. The molecule has 0 radical (unpaired) electrons. The van der Waals surface area contributed by atoms with Crippen LogP contribution in [-0.2, 0) is 11.2 Å². The van der Waals surface area contributed by atoms with Crippen molar-refractivity contribution in [2.75, 3.05) is 0 Å². The topological polar surface area (TPSA) is 37.3 Å². The van der Waals surface area contributed by atoms with Gasteiger partial charge in [0.2, 0.25) is 0 Å². The molecule has 1 atom stereocenters. The molecule has 0 saturated carbocycles. The van der Waals surface area contributed by atoms with Gasteiger partial charge in [-0.05, 0) is 40.0 Å². The van der Waals surface area contributed by atoms with Gasteiger partial charge in [0.15, 0.2) is 0 Å². The molecule has 2 nitrogen and oxygen atoms in total. The van der Waals surface area contributed by atoms with Crippen molar-refractivity contribution < 1.29 is 14.3 Å². The zero-order valence-electron chi connectivity index (χ0n) is 7.93. The van der Waals surface area contributed by atoms with Crippen LogP contribution >= 0.6 is 27.5 Å². The fourth-order valence-corrected chi connectivity index (χ4v) is 1.76. The van der Waals surface area contributed by atoms with E-state index in [0.717, 1.165) is 0 Å². The third kappa shape index (κ3) is 3.18. The summed E-state index contributed by atoms with van der Waals surface area (Å²) in [5, 5.41) is 8.72. The van der Waals surface area contributed by atoms with Crippen molar-refractivity contribution in [3.63, 3.8) is 0 Å². The second-order valence-electron chi connectivity index (χ2n) is 3.32. The van der Waals surface area contributed by atoms with E-state index in [9.17, 15) is 9.18 Å². The van der Waals surface area contributed by atoms with E-state index in [2.05, 4.69) is 15.9 Å². The van der Waals surface area contributed by atoms with Crippen LogP contribution in [0.2, 0.25) is 5.02 Å². The van der Waals surface area contributed by atoms with Crippen LogP contribution in [0.1, 0.15) is 12.5 Å². The molecule has 0 bridgehead atoms. The molecule has 0 saturated heterocycles. The third-order valence-corrected chi connectivity index (χ3v) is 3.24. The fraction of sp³-hybridized carbons (Fsp3) is 0.300. The molecule has 0 aliphatic rings. The molecule has 0 heterocycles. The standard InChI is InChI=1S/C10H9BrClFO2/c1-5(10(14)15)2-6-3-7(11)9(12)8(13)4-6/h3-5H,2H2,1H3,(H,14,15). The van der Waals surface area contributed by atoms with Gasteiger partial charge in [-0.15, -0.1) is 0 Å². The SMILES string of the molecule is CC(Cc1cc(F)c(Cl)c(Br)c1)C(=O)O. The molecule has 1 unspecified atom stereocenters. The maximum Gasteiger partial charge on any atom is 0.306 e. The largest absolute Gasteiger partial charge is 0.481 e. The van der Waals surface area contributed by atoms with Gasteiger partial charge in [-0.25, -0.2) is 4.39 Å². The third-order valence-electron chi connectivity index (χ3n) is 2.01. The Kier molecular flexibility index (Phi) is 4.11. The highest BCUT2D eigenvalue weighted by molar-refractivity contribution is 9.10. The van der Waals surface area contributed by atoms with Gasteiger partial charge in [0.1, 0.15) is 5.82 Å². The summed E-state index contributed by atoms with van der Waals surface area (Å²) in [6.45, 7) is 1.57. The molecule has 82 valence electrons. The Balaban J connectivity index is 2.92. The van der Waals surface area contributed by atoms with Gasteiger partial charge < -0.3 is 5.11 Å². The van der Waals surface area contributed by atoms with E-state index in [0.29, 0.717) is 10.0 Å². The highest BCUT2D eigenvalue weighted by Crippen LogP contribution is 2.27. The number of carbonyl (C=O) groups is 1. The number of hydrogen-bond acceptors (Lipinski definition) is 1. The van der Waals surface area contributed by atoms with Crippen LogP contribution in [-0.4, -0.2) is 11.1 Å². The van der Waals surface area contributed by atoms with Crippen molar-refractivity contribution in [1.29, 1.82) is 0 Å². The molecule has 0 spiro atoms. The number of carboxylic acids is 1. The first-order valence-electron chi connectivity index (χ1n) is 4.28. The lowest BCUT2D eigenvalue weighted by Crippen LogP contribution is -2.12. The first kappa shape index (κ1) is 12.5. The van der Waals surface area contributed by atoms with Crippen LogP contribution < -0.4 is 0 Å². The molecule has 1 N–H and O–H groups in total. The molecule has 1 rings (SSSR count). The number of halogens is 3. The van der Waals surface area contributed by atoms with Gasteiger partial charge in [-0.1, -0.05) is 18.5 Å². The summed E-state index contributed by atoms with van der Waals surface area (Å²) in [7, 11) is 0. The Labute approximate surface area is 100 Å². The van der Waals surface area contributed by atoms with E-state index < -0.39 is 17.7 Å². The number of aliphatic carboxylic acids is 1. The zero-order valence-corrected chi connectivity index (χ0v) is 10.3. The molecule has 0 aliphatic carbocycles. The minimum absolute atomic E-state index is 0.0155. The summed E-state index contributed by atoms with van der Waals surface area (Å²) >= 11 is 8.71. The molecule has 1 aromatic rings. The zero-order chi connectivity index (χ0) is 11.6. The summed E-state index contributed by atoms with van der Waals surface area (Å²) < 4.78 is 13.6. The molecule has 0 aromatic heterocycles. The average molecular weight is 296 g/mol. The summed E-state index contributed by atoms with van der Waals surface area (Å²) in [5.74, 6) is -1.99. The van der Waals surface area contributed by atoms with Gasteiger partial charge >= 0.3 is 5.97 Å². The van der Waals surface area contributed by atoms with E-state index in [1.165, 1.54) is 6.07 Å². The number of rotatable bonds is 3. The Bertz CT molecular complexity index is 372. The van der Waals surface area contributed by atoms with E-state index in [1.807, 2.05) is 0 Å². The average Bonchev–Trinajstić information content (AvgIpc) is 2.13. The van der Waals surface area contributed by atoms with Crippen LogP contribution in [0, 0.1) is 11.7 Å². The second-order valence-corrected chi connectivity index (χ2v) is 4.55. The molecular weight excluding hydrogens is 286 g/mol. The maximum atomic E-state index is 13.2. The van der Waals surface area contributed by atoms with Gasteiger partial charge in [0.25, 0.3) is 0 Å². The smallest absolute Gasteiger partial charge is 0.306 e. The minimum atomic E-state index is -0.901. The summed E-state index contributed by atoms with van der Waals surface area (Å²) in [6, 6.07) is 2.89. The first-order chi connectivity index (χ1) is 6.91. The maximum absolute atomic E-state index is 13.2. The van der Waals surface area contributed by atoms with Crippen LogP contribution in [0.15, 0.2) is 16.6 Å². The Hall–Kier alpha value is -0.610. The monoisotopic (exact) mass is 294 g/mol. The van der Waals surface area contributed by atoms with Crippen molar-refractivity contribution in [3.05, 3.63) is 33.0 Å². The predicted molar refractivity (Wildman–Crippen MR) is 59.6 cm³/mol. The van der Waals surface area contributed by atoms with Crippen molar-refractivity contribution in [1.82, 2.24) is 0 Å². The van der Waals surface area contributed by atoms with Gasteiger partial charge in [0.05, 0.1) is 10.9 Å². The Morgan fingerprint density at radius 2 is 2.27 bits per heavy atom. The van der Waals surface area contributed by atoms with Crippen molar-refractivity contribution >= 4 is 33.5 Å². The van der Waals surface area contributed by atoms with Crippen LogP contribution in [0.4, 0.5) is 4.39 Å². The number of carboxylic acid groups (broad SMARTS) is 1.